The van der Waals surface area contributed by atoms with Gasteiger partial charge in [-0.2, -0.15) is 0 Å². The van der Waals surface area contributed by atoms with Crippen LogP contribution in [0, 0.1) is 0 Å². The van der Waals surface area contributed by atoms with E-state index in [1.807, 2.05) is 48.5 Å². The first-order valence-electron chi connectivity index (χ1n) is 16.4. The molecule has 0 unspecified atom stereocenters. The van der Waals surface area contributed by atoms with E-state index >= 15 is 0 Å². The number of methoxy groups -OCH3 is 2. The molecule has 3 N–H and O–H groups in total. The largest absolute Gasteiger partial charge is 0.493 e. The fourth-order valence-corrected chi connectivity index (χ4v) is 6.28. The van der Waals surface area contributed by atoms with E-state index in [9.17, 15) is 14.7 Å². The lowest BCUT2D eigenvalue weighted by atomic mass is 9.97. The molecule has 0 aliphatic carbocycles. The lowest BCUT2D eigenvalue weighted by Gasteiger charge is -2.39. The molecule has 47 heavy (non-hydrogen) atoms. The summed E-state index contributed by atoms with van der Waals surface area (Å²) < 4.78 is 24.2. The van der Waals surface area contributed by atoms with Crippen LogP contribution >= 0.6 is 0 Å². The van der Waals surface area contributed by atoms with Crippen LogP contribution in [0.15, 0.2) is 60.7 Å². The zero-order chi connectivity index (χ0) is 33.2. The molecule has 1 fully saturated rings. The Morgan fingerprint density at radius 3 is 2.19 bits per heavy atom. The van der Waals surface area contributed by atoms with Crippen molar-refractivity contribution in [2.24, 2.45) is 0 Å². The molecule has 2 aliphatic rings. The summed E-state index contributed by atoms with van der Waals surface area (Å²) in [6.07, 6.45) is 4.28. The number of amides is 1. The van der Waals surface area contributed by atoms with Gasteiger partial charge in [0.2, 0.25) is 5.91 Å². The Morgan fingerprint density at radius 1 is 0.872 bits per heavy atom. The van der Waals surface area contributed by atoms with E-state index in [0.717, 1.165) is 73.5 Å². The number of aliphatic hydroxyl groups excluding tert-OH is 1. The zero-order valence-electron chi connectivity index (χ0n) is 27.3. The second-order valence-corrected chi connectivity index (χ2v) is 12.3. The molecule has 0 saturated carbocycles. The molecule has 0 bridgehead atoms. The number of carboxylic acid groups (broad SMARTS) is 1. The maximum atomic E-state index is 12.5. The lowest BCUT2D eigenvalue weighted by molar-refractivity contribution is -0.253. The molecule has 10 heteroatoms. The fraction of sp³-hybridized carbons (Fsp3) is 0.459. The van der Waals surface area contributed by atoms with Gasteiger partial charge in [-0.25, -0.2) is 0 Å². The molecule has 10 nitrogen and oxygen atoms in total. The smallest absolute Gasteiger partial charge is 0.303 e. The van der Waals surface area contributed by atoms with Crippen LogP contribution in [0.5, 0.6) is 11.5 Å². The van der Waals surface area contributed by atoms with E-state index in [4.69, 9.17) is 24.1 Å². The van der Waals surface area contributed by atoms with Crippen molar-refractivity contribution in [2.45, 2.75) is 83.0 Å². The number of carbonyl (C=O) groups is 2. The molecule has 3 aromatic carbocycles. The van der Waals surface area contributed by atoms with Crippen LogP contribution in [0.4, 0.5) is 5.69 Å². The van der Waals surface area contributed by atoms with Gasteiger partial charge in [0.15, 0.2) is 17.8 Å². The molecule has 0 aromatic heterocycles. The topological polar surface area (TPSA) is 127 Å². The zero-order valence-corrected chi connectivity index (χ0v) is 27.3. The van der Waals surface area contributed by atoms with Crippen LogP contribution in [0.25, 0.3) is 0 Å². The number of unbranched alkanes of at least 4 members (excludes halogenated alkanes) is 3. The second-order valence-electron chi connectivity index (χ2n) is 12.3. The minimum Gasteiger partial charge on any atom is -0.493 e. The maximum Gasteiger partial charge on any atom is 0.303 e. The van der Waals surface area contributed by atoms with Crippen molar-refractivity contribution >= 4 is 17.6 Å². The van der Waals surface area contributed by atoms with Crippen molar-refractivity contribution < 1.29 is 38.7 Å². The Hall–Kier alpha value is -3.96. The van der Waals surface area contributed by atoms with Gasteiger partial charge in [0, 0.05) is 50.1 Å². The van der Waals surface area contributed by atoms with Gasteiger partial charge in [-0.15, -0.1) is 0 Å². The van der Waals surface area contributed by atoms with Crippen LogP contribution in [0.3, 0.4) is 0 Å². The molecule has 3 atom stereocenters. The molecule has 1 amide bonds. The molecule has 3 aromatic rings. The van der Waals surface area contributed by atoms with Gasteiger partial charge in [-0.3, -0.25) is 14.5 Å². The number of aliphatic carboxylic acids is 1. The highest BCUT2D eigenvalue weighted by Gasteiger charge is 2.34. The maximum absolute atomic E-state index is 12.5. The van der Waals surface area contributed by atoms with Gasteiger partial charge in [0.1, 0.15) is 0 Å². The molecule has 2 heterocycles. The highest BCUT2D eigenvalue weighted by Crippen LogP contribution is 2.39. The third-order valence-corrected chi connectivity index (χ3v) is 8.88. The average molecular weight is 647 g/mol. The summed E-state index contributed by atoms with van der Waals surface area (Å²) in [5, 5.41) is 21.2. The number of benzene rings is 3. The number of fused-ring (bicyclic) bond motifs is 1. The highest BCUT2D eigenvalue weighted by atomic mass is 16.7. The third-order valence-electron chi connectivity index (χ3n) is 8.88. The number of carboxylic acids is 1. The summed E-state index contributed by atoms with van der Waals surface area (Å²) in [5.41, 5.74) is 5.95. The molecular formula is C37H46N2O8. The molecule has 0 spiro atoms. The van der Waals surface area contributed by atoms with Crippen molar-refractivity contribution in [3.05, 3.63) is 88.5 Å². The summed E-state index contributed by atoms with van der Waals surface area (Å²) in [7, 11) is 3.32. The molecule has 252 valence electrons. The second kappa shape index (κ2) is 16.7. The van der Waals surface area contributed by atoms with Crippen molar-refractivity contribution in [3.8, 4) is 11.5 Å². The number of nitrogens with one attached hydrogen (secondary N) is 1. The summed E-state index contributed by atoms with van der Waals surface area (Å²) >= 11 is 0. The van der Waals surface area contributed by atoms with E-state index in [-0.39, 0.29) is 31.1 Å². The summed E-state index contributed by atoms with van der Waals surface area (Å²) in [6.45, 7) is 2.42. The van der Waals surface area contributed by atoms with Crippen LogP contribution in [0.1, 0.15) is 85.2 Å². The first kappa shape index (κ1) is 34.4. The molecule has 5 rings (SSSR count). The predicted octanol–water partition coefficient (Wildman–Crippen LogP) is 6.16. The number of rotatable bonds is 15. The Bertz CT molecular complexity index is 1480. The monoisotopic (exact) mass is 646 g/mol. The highest BCUT2D eigenvalue weighted by molar-refractivity contribution is 5.90. The quantitative estimate of drug-likeness (QED) is 0.166. The standard InChI is InChI=1S/C37H46N2O8/c1-44-33-19-28-17-18-39(22-29(28)20-34(33)45-2)23-31-21-32(26-11-9-25(24-40)10-12-26)47-37(46-31)27-13-15-30(16-14-27)38-35(41)7-5-3-4-6-8-36(42)43/h9-16,19-20,31-32,37,40H,3-8,17-18,21-24H2,1-2H3,(H,38,41)(H,42,43)/t31-,32+,37+/m0/s1. The molecule has 0 radical (unpaired) electrons. The van der Waals surface area contributed by atoms with Crippen LogP contribution < -0.4 is 14.8 Å². The Balaban J connectivity index is 1.23. The van der Waals surface area contributed by atoms with Gasteiger partial charge in [0.25, 0.3) is 0 Å². The Morgan fingerprint density at radius 2 is 1.53 bits per heavy atom. The van der Waals surface area contributed by atoms with Crippen molar-refractivity contribution in [2.75, 3.05) is 32.6 Å². The minimum absolute atomic E-state index is 0.0110. The molecular weight excluding hydrogens is 600 g/mol. The van der Waals surface area contributed by atoms with E-state index in [1.165, 1.54) is 11.1 Å². The van der Waals surface area contributed by atoms with E-state index in [0.29, 0.717) is 24.9 Å². The van der Waals surface area contributed by atoms with E-state index < -0.39 is 12.3 Å². The number of hydrogen-bond donors (Lipinski definition) is 3. The van der Waals surface area contributed by atoms with Crippen molar-refractivity contribution in [3.63, 3.8) is 0 Å². The van der Waals surface area contributed by atoms with Gasteiger partial charge < -0.3 is 34.5 Å². The normalized spacial score (nSPS) is 19.5. The predicted molar refractivity (Wildman–Crippen MR) is 177 cm³/mol. The summed E-state index contributed by atoms with van der Waals surface area (Å²) in [4.78, 5) is 25.5. The van der Waals surface area contributed by atoms with E-state index in [1.54, 1.807) is 14.2 Å². The molecule has 1 saturated heterocycles. The minimum atomic E-state index is -0.783. The van der Waals surface area contributed by atoms with E-state index in [2.05, 4.69) is 22.3 Å². The van der Waals surface area contributed by atoms with Crippen molar-refractivity contribution in [1.82, 2.24) is 4.90 Å². The number of hydrogen-bond acceptors (Lipinski definition) is 8. The van der Waals surface area contributed by atoms with Crippen LogP contribution in [-0.2, 0) is 38.6 Å². The van der Waals surface area contributed by atoms with Gasteiger partial charge >= 0.3 is 5.97 Å². The number of nitrogens with zero attached hydrogens (tertiary/aromatic N) is 1. The molecule has 2 aliphatic heterocycles. The number of anilines is 1. The fourth-order valence-electron chi connectivity index (χ4n) is 6.28. The van der Waals surface area contributed by atoms with Crippen molar-refractivity contribution in [1.29, 1.82) is 0 Å². The summed E-state index contributed by atoms with van der Waals surface area (Å²) in [6, 6.07) is 19.6. The number of aliphatic hydroxyl groups is 1. The lowest BCUT2D eigenvalue weighted by Crippen LogP contribution is -2.41. The Kier molecular flexibility index (Phi) is 12.2. The average Bonchev–Trinajstić information content (AvgIpc) is 3.09. The number of ether oxygens (including phenoxy) is 4. The van der Waals surface area contributed by atoms with Gasteiger partial charge in [0.05, 0.1) is 33.0 Å². The third kappa shape index (κ3) is 9.54. The Labute approximate surface area is 276 Å². The number of carbonyl (C=O) groups excluding carboxylic acids is 1. The van der Waals surface area contributed by atoms with Gasteiger partial charge in [-0.1, -0.05) is 49.2 Å². The van der Waals surface area contributed by atoms with Crippen LogP contribution in [-0.4, -0.2) is 60.4 Å². The van der Waals surface area contributed by atoms with Gasteiger partial charge in [-0.05, 0) is 65.8 Å². The van der Waals surface area contributed by atoms with Crippen LogP contribution in [0.2, 0.25) is 0 Å². The SMILES string of the molecule is COc1cc2c(cc1OC)CN(C[C@@H]1C[C@H](c3ccc(CO)cc3)O[C@H](c3ccc(NC(=O)CCCCCCC(=O)O)cc3)O1)CC2. The summed E-state index contributed by atoms with van der Waals surface area (Å²) in [5.74, 6) is 0.635. The first-order chi connectivity index (χ1) is 22.8. The first-order valence-corrected chi connectivity index (χ1v) is 16.4.